The van der Waals surface area contributed by atoms with Gasteiger partial charge in [0.05, 0.1) is 10.6 Å². The fourth-order valence-electron chi connectivity index (χ4n) is 4.65. The number of rotatable bonds is 3. The van der Waals surface area contributed by atoms with Crippen LogP contribution < -0.4 is 10.2 Å². The minimum atomic E-state index is -0.143. The molecule has 2 heterocycles. The molecule has 0 bridgehead atoms. The Morgan fingerprint density at radius 3 is 2.77 bits per heavy atom. The van der Waals surface area contributed by atoms with Crippen LogP contribution in [-0.4, -0.2) is 23.2 Å². The standard InChI is InChI=1S/C25H28ClN3OS/c1-6-29-21-13-19(26)17(11-18(21)16(3)14-25(29,4)5)12-22-23(30)28-24(31-22)27-20-10-8-7-9-15(20)2/h7-13,16H,6,14H2,1-5H3,(H,27,28,30)/b22-12+. The van der Waals surface area contributed by atoms with Crippen molar-refractivity contribution in [1.29, 1.82) is 0 Å². The fourth-order valence-corrected chi connectivity index (χ4v) is 5.69. The van der Waals surface area contributed by atoms with Gasteiger partial charge in [0.1, 0.15) is 0 Å². The van der Waals surface area contributed by atoms with Gasteiger partial charge in [-0.15, -0.1) is 0 Å². The van der Waals surface area contributed by atoms with Gasteiger partial charge in [-0.3, -0.25) is 4.79 Å². The van der Waals surface area contributed by atoms with Gasteiger partial charge in [-0.1, -0.05) is 36.7 Å². The van der Waals surface area contributed by atoms with Gasteiger partial charge in [-0.05, 0) is 92.8 Å². The van der Waals surface area contributed by atoms with Crippen molar-refractivity contribution >= 4 is 51.9 Å². The van der Waals surface area contributed by atoms with Crippen LogP contribution >= 0.6 is 23.4 Å². The summed E-state index contributed by atoms with van der Waals surface area (Å²) in [5.41, 5.74) is 5.37. The minimum Gasteiger partial charge on any atom is -0.366 e. The highest BCUT2D eigenvalue weighted by Crippen LogP contribution is 2.45. The zero-order chi connectivity index (χ0) is 22.3. The Morgan fingerprint density at radius 1 is 1.32 bits per heavy atom. The van der Waals surface area contributed by atoms with Gasteiger partial charge in [-0.2, -0.15) is 0 Å². The van der Waals surface area contributed by atoms with Gasteiger partial charge in [0.15, 0.2) is 5.17 Å². The number of aliphatic imine (C=N–C) groups is 1. The summed E-state index contributed by atoms with van der Waals surface area (Å²) < 4.78 is 0. The number of halogens is 1. The average Bonchev–Trinajstić information content (AvgIpc) is 3.03. The Bertz CT molecular complexity index is 1110. The lowest BCUT2D eigenvalue weighted by atomic mass is 9.79. The fraction of sp³-hybridized carbons (Fsp3) is 0.360. The van der Waals surface area contributed by atoms with E-state index in [4.69, 9.17) is 11.6 Å². The summed E-state index contributed by atoms with van der Waals surface area (Å²) in [5, 5.41) is 4.12. The van der Waals surface area contributed by atoms with Crippen LogP contribution in [0.3, 0.4) is 0 Å². The molecule has 0 spiro atoms. The molecule has 0 aliphatic carbocycles. The van der Waals surface area contributed by atoms with Crippen molar-refractivity contribution in [2.75, 3.05) is 11.4 Å². The number of nitrogens with zero attached hydrogens (tertiary/aromatic N) is 2. The smallest absolute Gasteiger partial charge is 0.264 e. The highest BCUT2D eigenvalue weighted by molar-refractivity contribution is 8.18. The third-order valence-corrected chi connectivity index (χ3v) is 7.33. The number of benzene rings is 2. The van der Waals surface area contributed by atoms with E-state index in [1.165, 1.54) is 23.0 Å². The van der Waals surface area contributed by atoms with Gasteiger partial charge >= 0.3 is 0 Å². The highest BCUT2D eigenvalue weighted by Gasteiger charge is 2.36. The Kier molecular flexibility index (Phi) is 5.93. The number of hydrogen-bond acceptors (Lipinski definition) is 4. The van der Waals surface area contributed by atoms with Gasteiger partial charge in [0.25, 0.3) is 5.91 Å². The number of carbonyl (C=O) groups is 1. The molecule has 1 unspecified atom stereocenters. The summed E-state index contributed by atoms with van der Waals surface area (Å²) in [4.78, 5) is 20.2. The summed E-state index contributed by atoms with van der Waals surface area (Å²) in [7, 11) is 0. The number of carbonyl (C=O) groups excluding carboxylic acids is 1. The average molecular weight is 454 g/mol. The maximum absolute atomic E-state index is 12.6. The van der Waals surface area contributed by atoms with E-state index in [0.29, 0.717) is 21.0 Å². The lowest BCUT2D eigenvalue weighted by molar-refractivity contribution is -0.115. The summed E-state index contributed by atoms with van der Waals surface area (Å²) in [6, 6.07) is 12.1. The minimum absolute atomic E-state index is 0.0899. The quantitative estimate of drug-likeness (QED) is 0.529. The molecule has 4 nitrogen and oxygen atoms in total. The van der Waals surface area contributed by atoms with E-state index in [9.17, 15) is 4.79 Å². The van der Waals surface area contributed by atoms with Crippen molar-refractivity contribution in [2.24, 2.45) is 4.99 Å². The first kappa shape index (κ1) is 22.0. The third kappa shape index (κ3) is 4.26. The van der Waals surface area contributed by atoms with E-state index < -0.39 is 0 Å². The van der Waals surface area contributed by atoms with Gasteiger partial charge in [0, 0.05) is 22.8 Å². The van der Waals surface area contributed by atoms with E-state index in [1.807, 2.05) is 37.3 Å². The molecule has 1 fully saturated rings. The largest absolute Gasteiger partial charge is 0.366 e. The van der Waals surface area contributed by atoms with Crippen LogP contribution in [0.15, 0.2) is 46.3 Å². The number of aryl methyl sites for hydroxylation is 1. The summed E-state index contributed by atoms with van der Waals surface area (Å²) in [6.07, 6.45) is 2.96. The molecule has 1 saturated heterocycles. The molecule has 2 aromatic rings. The van der Waals surface area contributed by atoms with E-state index in [-0.39, 0.29) is 11.4 Å². The first-order valence-corrected chi connectivity index (χ1v) is 11.9. The number of fused-ring (bicyclic) bond motifs is 1. The second-order valence-corrected chi connectivity index (χ2v) is 10.3. The molecular weight excluding hydrogens is 426 g/mol. The molecule has 2 aromatic carbocycles. The van der Waals surface area contributed by atoms with Crippen LogP contribution in [-0.2, 0) is 4.79 Å². The van der Waals surface area contributed by atoms with Crippen molar-refractivity contribution in [3.63, 3.8) is 0 Å². The number of thioether (sulfide) groups is 1. The number of para-hydroxylation sites is 1. The normalized spacial score (nSPS) is 22.7. The summed E-state index contributed by atoms with van der Waals surface area (Å²) in [5.74, 6) is 0.279. The maximum atomic E-state index is 12.6. The first-order valence-electron chi connectivity index (χ1n) is 10.7. The number of amidine groups is 1. The molecular formula is C25H28ClN3OS. The number of anilines is 1. The molecule has 4 rings (SSSR count). The molecule has 162 valence electrons. The van der Waals surface area contributed by atoms with E-state index >= 15 is 0 Å². The molecule has 0 aromatic heterocycles. The van der Waals surface area contributed by atoms with E-state index in [0.717, 1.165) is 29.8 Å². The first-order chi connectivity index (χ1) is 14.7. The predicted octanol–water partition coefficient (Wildman–Crippen LogP) is 6.65. The molecule has 0 radical (unpaired) electrons. The van der Waals surface area contributed by atoms with Crippen molar-refractivity contribution in [1.82, 2.24) is 5.32 Å². The zero-order valence-corrected chi connectivity index (χ0v) is 20.2. The zero-order valence-electron chi connectivity index (χ0n) is 18.6. The second-order valence-electron chi connectivity index (χ2n) is 8.86. The van der Waals surface area contributed by atoms with Crippen LogP contribution in [0, 0.1) is 6.92 Å². The Balaban J connectivity index is 1.68. The second kappa shape index (κ2) is 8.36. The molecule has 1 atom stereocenters. The van der Waals surface area contributed by atoms with Crippen molar-refractivity contribution in [3.8, 4) is 0 Å². The van der Waals surface area contributed by atoms with E-state index in [2.05, 4.69) is 55.0 Å². The third-order valence-electron chi connectivity index (χ3n) is 6.10. The van der Waals surface area contributed by atoms with Crippen LogP contribution in [0.5, 0.6) is 0 Å². The Hall–Kier alpha value is -2.24. The van der Waals surface area contributed by atoms with Crippen LogP contribution in [0.1, 0.15) is 56.7 Å². The van der Waals surface area contributed by atoms with Gasteiger partial charge in [-0.25, -0.2) is 4.99 Å². The van der Waals surface area contributed by atoms with Crippen LogP contribution in [0.25, 0.3) is 6.08 Å². The summed E-state index contributed by atoms with van der Waals surface area (Å²) >= 11 is 8.05. The molecule has 1 N–H and O–H groups in total. The van der Waals surface area contributed by atoms with E-state index in [1.54, 1.807) is 0 Å². The molecule has 6 heteroatoms. The maximum Gasteiger partial charge on any atom is 0.264 e. The molecule has 1 amide bonds. The molecule has 31 heavy (non-hydrogen) atoms. The van der Waals surface area contributed by atoms with Crippen molar-refractivity contribution in [2.45, 2.75) is 52.5 Å². The SMILES string of the molecule is CCN1c2cc(Cl)c(/C=C3/SC(=Nc4ccccc4C)NC3=O)cc2C(C)CC1(C)C. The topological polar surface area (TPSA) is 44.7 Å². The van der Waals surface area contributed by atoms with Crippen molar-refractivity contribution in [3.05, 3.63) is 63.0 Å². The Labute approximate surface area is 193 Å². The Morgan fingerprint density at radius 2 is 2.06 bits per heavy atom. The number of hydrogen-bond donors (Lipinski definition) is 1. The number of amides is 1. The monoisotopic (exact) mass is 453 g/mol. The molecule has 2 aliphatic heterocycles. The lowest BCUT2D eigenvalue weighted by Gasteiger charge is -2.47. The van der Waals surface area contributed by atoms with Crippen LogP contribution in [0.2, 0.25) is 5.02 Å². The van der Waals surface area contributed by atoms with Gasteiger partial charge in [0.2, 0.25) is 0 Å². The molecule has 2 aliphatic rings. The summed E-state index contributed by atoms with van der Waals surface area (Å²) in [6.45, 7) is 12.0. The molecule has 0 saturated carbocycles. The predicted molar refractivity (Wildman–Crippen MR) is 134 cm³/mol. The lowest BCUT2D eigenvalue weighted by Crippen LogP contribution is -2.48. The van der Waals surface area contributed by atoms with Crippen LogP contribution in [0.4, 0.5) is 11.4 Å². The van der Waals surface area contributed by atoms with Gasteiger partial charge < -0.3 is 10.2 Å². The highest BCUT2D eigenvalue weighted by atomic mass is 35.5. The van der Waals surface area contributed by atoms with Crippen molar-refractivity contribution < 1.29 is 4.79 Å². The number of nitrogens with one attached hydrogen (secondary N) is 1.